The Balaban J connectivity index is 2.97. The molecule has 0 aliphatic heterocycles. The van der Waals surface area contributed by atoms with Crippen molar-refractivity contribution in [3.05, 3.63) is 23.6 Å². The molecule has 7 heteroatoms. The van der Waals surface area contributed by atoms with Crippen LogP contribution in [0.25, 0.3) is 0 Å². The lowest BCUT2D eigenvalue weighted by Gasteiger charge is -2.07. The normalized spacial score (nSPS) is 10.8. The van der Waals surface area contributed by atoms with Crippen LogP contribution in [0.2, 0.25) is 0 Å². The van der Waals surface area contributed by atoms with Crippen LogP contribution in [0.15, 0.2) is 12.3 Å². The van der Waals surface area contributed by atoms with Crippen molar-refractivity contribution in [2.75, 3.05) is 0 Å². The molecule has 0 bridgehead atoms. The van der Waals surface area contributed by atoms with Crippen molar-refractivity contribution >= 4 is 0 Å². The average molecular weight is 206 g/mol. The molecule has 0 aliphatic carbocycles. The molecular weight excluding hydrogens is 204 g/mol. The highest BCUT2D eigenvalue weighted by atomic mass is 19.4. The molecule has 1 aromatic rings. The molecular formula is C7H2F4N2O. The minimum atomic E-state index is -5.00. The van der Waals surface area contributed by atoms with Gasteiger partial charge in [0.1, 0.15) is 6.07 Å². The molecule has 0 N–H and O–H groups in total. The van der Waals surface area contributed by atoms with Gasteiger partial charge in [-0.3, -0.25) is 0 Å². The monoisotopic (exact) mass is 206 g/mol. The van der Waals surface area contributed by atoms with Gasteiger partial charge in [0, 0.05) is 6.20 Å². The molecule has 0 radical (unpaired) electrons. The van der Waals surface area contributed by atoms with Crippen molar-refractivity contribution in [2.45, 2.75) is 6.36 Å². The minimum Gasteiger partial charge on any atom is -0.385 e. The molecule has 0 amide bonds. The van der Waals surface area contributed by atoms with Crippen LogP contribution in [0.5, 0.6) is 5.88 Å². The van der Waals surface area contributed by atoms with Gasteiger partial charge in [-0.1, -0.05) is 0 Å². The first kappa shape index (κ1) is 10.2. The van der Waals surface area contributed by atoms with Crippen molar-refractivity contribution < 1.29 is 22.3 Å². The molecule has 0 spiro atoms. The highest BCUT2D eigenvalue weighted by molar-refractivity contribution is 5.29. The lowest BCUT2D eigenvalue weighted by Crippen LogP contribution is -2.18. The van der Waals surface area contributed by atoms with Crippen LogP contribution in [0, 0.1) is 17.1 Å². The molecule has 0 aliphatic rings. The third-order valence-electron chi connectivity index (χ3n) is 1.15. The Bertz CT molecular complexity index is 382. The maximum atomic E-state index is 12.7. The van der Waals surface area contributed by atoms with Gasteiger partial charge >= 0.3 is 6.36 Å². The van der Waals surface area contributed by atoms with E-state index in [1.165, 1.54) is 6.07 Å². The fraction of sp³-hybridized carbons (Fsp3) is 0.143. The standard InChI is InChI=1S/C7H2F4N2O/c8-5-1-4(2-12)3-13-6(5)14-7(9,10)11/h1,3H. The summed E-state index contributed by atoms with van der Waals surface area (Å²) in [4.78, 5) is 2.99. The van der Waals surface area contributed by atoms with Crippen LogP contribution in [0.3, 0.4) is 0 Å². The maximum absolute atomic E-state index is 12.7. The van der Waals surface area contributed by atoms with Gasteiger partial charge in [0.25, 0.3) is 5.88 Å². The molecule has 3 nitrogen and oxygen atoms in total. The molecule has 0 unspecified atom stereocenters. The van der Waals surface area contributed by atoms with E-state index in [1.807, 2.05) is 0 Å². The van der Waals surface area contributed by atoms with Gasteiger partial charge < -0.3 is 4.74 Å². The van der Waals surface area contributed by atoms with Gasteiger partial charge in [0.05, 0.1) is 5.56 Å². The summed E-state index contributed by atoms with van der Waals surface area (Å²) in [5.74, 6) is -2.53. The lowest BCUT2D eigenvalue weighted by atomic mass is 10.3. The van der Waals surface area contributed by atoms with Crippen LogP contribution in [0.1, 0.15) is 5.56 Å². The molecule has 1 rings (SSSR count). The maximum Gasteiger partial charge on any atom is 0.574 e. The molecule has 14 heavy (non-hydrogen) atoms. The van der Waals surface area contributed by atoms with Crippen molar-refractivity contribution in [1.29, 1.82) is 5.26 Å². The van der Waals surface area contributed by atoms with Crippen LogP contribution in [0.4, 0.5) is 17.6 Å². The highest BCUT2D eigenvalue weighted by Crippen LogP contribution is 2.23. The van der Waals surface area contributed by atoms with Crippen molar-refractivity contribution in [3.63, 3.8) is 0 Å². The van der Waals surface area contributed by atoms with Gasteiger partial charge in [-0.15, -0.1) is 13.2 Å². The van der Waals surface area contributed by atoms with Gasteiger partial charge in [-0.25, -0.2) is 9.37 Å². The molecule has 0 saturated carbocycles. The van der Waals surface area contributed by atoms with E-state index < -0.39 is 18.1 Å². The summed E-state index contributed by atoms with van der Waals surface area (Å²) in [7, 11) is 0. The molecule has 0 fully saturated rings. The summed E-state index contributed by atoms with van der Waals surface area (Å²) >= 11 is 0. The van der Waals surface area contributed by atoms with Crippen LogP contribution >= 0.6 is 0 Å². The van der Waals surface area contributed by atoms with Crippen LogP contribution < -0.4 is 4.74 Å². The number of pyridine rings is 1. The summed E-state index contributed by atoms with van der Waals surface area (Å²) in [5, 5.41) is 8.27. The fourth-order valence-electron chi connectivity index (χ4n) is 0.671. The van der Waals surface area contributed by atoms with Gasteiger partial charge in [0.2, 0.25) is 0 Å². The van der Waals surface area contributed by atoms with E-state index in [-0.39, 0.29) is 5.56 Å². The van der Waals surface area contributed by atoms with Crippen LogP contribution in [-0.4, -0.2) is 11.3 Å². The number of halogens is 4. The Morgan fingerprint density at radius 2 is 2.07 bits per heavy atom. The quantitative estimate of drug-likeness (QED) is 0.660. The Hall–Kier alpha value is -1.84. The number of rotatable bonds is 1. The van der Waals surface area contributed by atoms with E-state index in [4.69, 9.17) is 5.26 Å². The van der Waals surface area contributed by atoms with E-state index in [1.54, 1.807) is 0 Å². The number of aromatic nitrogens is 1. The van der Waals surface area contributed by atoms with Crippen molar-refractivity contribution in [1.82, 2.24) is 4.98 Å². The fourth-order valence-corrected chi connectivity index (χ4v) is 0.671. The van der Waals surface area contributed by atoms with Gasteiger partial charge in [0.15, 0.2) is 5.82 Å². The van der Waals surface area contributed by atoms with Crippen LogP contribution in [-0.2, 0) is 0 Å². The zero-order valence-electron chi connectivity index (χ0n) is 6.47. The Morgan fingerprint density at radius 1 is 1.43 bits per heavy atom. The van der Waals surface area contributed by atoms with E-state index in [9.17, 15) is 17.6 Å². The third-order valence-corrected chi connectivity index (χ3v) is 1.15. The highest BCUT2D eigenvalue weighted by Gasteiger charge is 2.33. The topological polar surface area (TPSA) is 45.9 Å². The average Bonchev–Trinajstić information content (AvgIpc) is 2.06. The summed E-state index contributed by atoms with van der Waals surface area (Å²) in [6, 6.07) is 2.12. The molecule has 0 atom stereocenters. The van der Waals surface area contributed by atoms with Gasteiger partial charge in [-0.2, -0.15) is 5.26 Å². The summed E-state index contributed by atoms with van der Waals surface area (Å²) < 4.78 is 50.8. The first-order valence-electron chi connectivity index (χ1n) is 3.24. The Labute approximate surface area is 75.5 Å². The molecule has 1 aromatic heterocycles. The number of nitriles is 1. The molecule has 1 heterocycles. The molecule has 0 saturated heterocycles. The summed E-state index contributed by atoms with van der Waals surface area (Å²) in [6.45, 7) is 0. The second-order valence-electron chi connectivity index (χ2n) is 2.17. The zero-order chi connectivity index (χ0) is 10.8. The molecule has 74 valence electrons. The first-order valence-corrected chi connectivity index (χ1v) is 3.24. The van der Waals surface area contributed by atoms with Gasteiger partial charge in [-0.05, 0) is 6.07 Å². The number of nitrogens with zero attached hydrogens (tertiary/aromatic N) is 2. The number of hydrogen-bond donors (Lipinski definition) is 0. The van der Waals surface area contributed by atoms with Crippen molar-refractivity contribution in [2.24, 2.45) is 0 Å². The van der Waals surface area contributed by atoms with Crippen molar-refractivity contribution in [3.8, 4) is 11.9 Å². The minimum absolute atomic E-state index is 0.183. The lowest BCUT2D eigenvalue weighted by molar-refractivity contribution is -0.277. The Kier molecular flexibility index (Phi) is 2.56. The SMILES string of the molecule is N#Cc1cnc(OC(F)(F)F)c(F)c1. The van der Waals surface area contributed by atoms with E-state index >= 15 is 0 Å². The summed E-state index contributed by atoms with van der Waals surface area (Å²) in [5.41, 5.74) is -0.183. The smallest absolute Gasteiger partial charge is 0.385 e. The van der Waals surface area contributed by atoms with E-state index in [0.29, 0.717) is 6.07 Å². The largest absolute Gasteiger partial charge is 0.574 e. The second-order valence-corrected chi connectivity index (χ2v) is 2.17. The number of alkyl halides is 3. The predicted octanol–water partition coefficient (Wildman–Crippen LogP) is 1.99. The number of ether oxygens (including phenoxy) is 1. The van der Waals surface area contributed by atoms with E-state index in [2.05, 4.69) is 9.72 Å². The summed E-state index contributed by atoms with van der Waals surface area (Å²) in [6.07, 6.45) is -4.22. The predicted molar refractivity (Wildman–Crippen MR) is 35.6 cm³/mol. The number of hydrogen-bond acceptors (Lipinski definition) is 3. The zero-order valence-corrected chi connectivity index (χ0v) is 6.47. The molecule has 0 aromatic carbocycles. The first-order chi connectivity index (χ1) is 6.42. The Morgan fingerprint density at radius 3 is 2.50 bits per heavy atom. The van der Waals surface area contributed by atoms with E-state index in [0.717, 1.165) is 6.20 Å². The second kappa shape index (κ2) is 3.49. The third kappa shape index (κ3) is 2.58.